The van der Waals surface area contributed by atoms with E-state index in [0.717, 1.165) is 18.0 Å². The molecule has 1 aromatic carbocycles. The van der Waals surface area contributed by atoms with Gasteiger partial charge in [0.1, 0.15) is 5.82 Å². The third-order valence-electron chi connectivity index (χ3n) is 5.05. The van der Waals surface area contributed by atoms with Crippen LogP contribution in [0.4, 0.5) is 4.39 Å². The van der Waals surface area contributed by atoms with Crippen molar-refractivity contribution < 1.29 is 9.18 Å². The molecule has 3 heteroatoms. The van der Waals surface area contributed by atoms with Crippen molar-refractivity contribution in [1.29, 1.82) is 0 Å². The predicted molar refractivity (Wildman–Crippen MR) is 81.7 cm³/mol. The number of benzene rings is 1. The van der Waals surface area contributed by atoms with Gasteiger partial charge in [0, 0.05) is 12.5 Å². The van der Waals surface area contributed by atoms with Crippen LogP contribution in [0.5, 0.6) is 0 Å². The fourth-order valence-electron chi connectivity index (χ4n) is 4.04. The van der Waals surface area contributed by atoms with Gasteiger partial charge in [-0.05, 0) is 55.8 Å². The van der Waals surface area contributed by atoms with Gasteiger partial charge in [0.05, 0.1) is 6.54 Å². The van der Waals surface area contributed by atoms with Crippen molar-refractivity contribution in [2.75, 3.05) is 13.1 Å². The number of Topliss-reactive ketones (excluding diaryl/α,β-unsaturated/α-hetero) is 1. The quantitative estimate of drug-likeness (QED) is 0.825. The Kier molecular flexibility index (Phi) is 4.69. The van der Waals surface area contributed by atoms with Crippen LogP contribution in [0, 0.1) is 11.7 Å². The van der Waals surface area contributed by atoms with Crippen LogP contribution >= 0.6 is 0 Å². The first-order valence-electron chi connectivity index (χ1n) is 8.22. The van der Waals surface area contributed by atoms with Crippen molar-refractivity contribution in [3.63, 3.8) is 0 Å². The molecular weight excluding hydrogens is 265 g/mol. The van der Waals surface area contributed by atoms with E-state index in [0.29, 0.717) is 19.0 Å². The number of carbonyl (C=O) groups is 1. The number of nitrogens with zero attached hydrogens (tertiary/aromatic N) is 1. The minimum Gasteiger partial charge on any atom is -0.298 e. The number of rotatable bonds is 5. The number of halogens is 1. The van der Waals surface area contributed by atoms with Crippen molar-refractivity contribution in [3.05, 3.63) is 35.6 Å². The minimum atomic E-state index is -0.243. The number of carbonyl (C=O) groups excluding carboxylic acids is 1. The second kappa shape index (κ2) is 6.69. The number of hydrogen-bond acceptors (Lipinski definition) is 2. The SMILES string of the molecule is O=C(Cc1ccc(F)cc1)CN1CCCC1C1CCCC1. The number of likely N-dealkylation sites (tertiary alicyclic amines) is 1. The highest BCUT2D eigenvalue weighted by molar-refractivity contribution is 5.82. The molecule has 1 saturated carbocycles. The van der Waals surface area contributed by atoms with E-state index < -0.39 is 0 Å². The van der Waals surface area contributed by atoms with Crippen molar-refractivity contribution in [1.82, 2.24) is 4.90 Å². The molecule has 0 spiro atoms. The van der Waals surface area contributed by atoms with Crippen LogP contribution in [-0.4, -0.2) is 29.8 Å². The Morgan fingerprint density at radius 2 is 1.81 bits per heavy atom. The normalized spacial score (nSPS) is 23.8. The molecule has 0 bridgehead atoms. The summed E-state index contributed by atoms with van der Waals surface area (Å²) in [5.41, 5.74) is 0.915. The molecule has 2 nitrogen and oxygen atoms in total. The first-order chi connectivity index (χ1) is 10.2. The molecule has 1 aromatic rings. The molecule has 2 fully saturated rings. The fourth-order valence-corrected chi connectivity index (χ4v) is 4.04. The zero-order valence-corrected chi connectivity index (χ0v) is 12.6. The van der Waals surface area contributed by atoms with Gasteiger partial charge >= 0.3 is 0 Å². The molecule has 1 unspecified atom stereocenters. The Morgan fingerprint density at radius 1 is 1.10 bits per heavy atom. The van der Waals surface area contributed by atoms with Crippen LogP contribution in [0.2, 0.25) is 0 Å². The molecule has 114 valence electrons. The van der Waals surface area contributed by atoms with Crippen LogP contribution in [0.3, 0.4) is 0 Å². The monoisotopic (exact) mass is 289 g/mol. The number of ketones is 1. The minimum absolute atomic E-state index is 0.243. The van der Waals surface area contributed by atoms with E-state index in [1.54, 1.807) is 12.1 Å². The van der Waals surface area contributed by atoms with Gasteiger partial charge in [-0.25, -0.2) is 4.39 Å². The molecule has 1 atom stereocenters. The zero-order chi connectivity index (χ0) is 14.7. The maximum Gasteiger partial charge on any atom is 0.151 e. The van der Waals surface area contributed by atoms with Crippen LogP contribution in [0.25, 0.3) is 0 Å². The fraction of sp³-hybridized carbons (Fsp3) is 0.611. The predicted octanol–water partition coefficient (Wildman–Crippen LogP) is 3.59. The first kappa shape index (κ1) is 14.7. The molecular formula is C18H24FNO. The van der Waals surface area contributed by atoms with Crippen LogP contribution < -0.4 is 0 Å². The summed E-state index contributed by atoms with van der Waals surface area (Å²) >= 11 is 0. The summed E-state index contributed by atoms with van der Waals surface area (Å²) in [5.74, 6) is 0.824. The third kappa shape index (κ3) is 3.70. The summed E-state index contributed by atoms with van der Waals surface area (Å²) < 4.78 is 12.9. The summed E-state index contributed by atoms with van der Waals surface area (Å²) in [6.45, 7) is 1.63. The first-order valence-corrected chi connectivity index (χ1v) is 8.22. The van der Waals surface area contributed by atoms with Crippen LogP contribution in [-0.2, 0) is 11.2 Å². The maximum atomic E-state index is 12.9. The summed E-state index contributed by atoms with van der Waals surface area (Å²) in [5, 5.41) is 0. The van der Waals surface area contributed by atoms with Crippen LogP contribution in [0.15, 0.2) is 24.3 Å². The van der Waals surface area contributed by atoms with Crippen molar-refractivity contribution in [2.24, 2.45) is 5.92 Å². The van der Waals surface area contributed by atoms with Gasteiger partial charge in [0.25, 0.3) is 0 Å². The molecule has 1 heterocycles. The van der Waals surface area contributed by atoms with Gasteiger partial charge < -0.3 is 0 Å². The highest BCUT2D eigenvalue weighted by Gasteiger charge is 2.33. The number of hydrogen-bond donors (Lipinski definition) is 0. The molecule has 2 aliphatic rings. The highest BCUT2D eigenvalue weighted by atomic mass is 19.1. The van der Waals surface area contributed by atoms with Gasteiger partial charge in [-0.3, -0.25) is 9.69 Å². The molecule has 0 N–H and O–H groups in total. The lowest BCUT2D eigenvalue weighted by Gasteiger charge is -2.28. The average molecular weight is 289 g/mol. The van der Waals surface area contributed by atoms with Crippen LogP contribution in [0.1, 0.15) is 44.1 Å². The maximum absolute atomic E-state index is 12.9. The summed E-state index contributed by atoms with van der Waals surface area (Å²) in [7, 11) is 0. The second-order valence-corrected chi connectivity index (χ2v) is 6.57. The van der Waals surface area contributed by atoms with E-state index in [2.05, 4.69) is 4.90 Å². The Bertz CT molecular complexity index is 478. The average Bonchev–Trinajstić information content (AvgIpc) is 3.11. The molecule has 1 aliphatic heterocycles. The largest absolute Gasteiger partial charge is 0.298 e. The lowest BCUT2D eigenvalue weighted by molar-refractivity contribution is -0.120. The van der Waals surface area contributed by atoms with Gasteiger partial charge in [-0.1, -0.05) is 25.0 Å². The van der Waals surface area contributed by atoms with E-state index in [9.17, 15) is 9.18 Å². The molecule has 21 heavy (non-hydrogen) atoms. The Morgan fingerprint density at radius 3 is 2.52 bits per heavy atom. The van der Waals surface area contributed by atoms with Crippen molar-refractivity contribution in [3.8, 4) is 0 Å². The molecule has 1 aliphatic carbocycles. The van der Waals surface area contributed by atoms with Crippen molar-refractivity contribution >= 4 is 5.78 Å². The molecule has 0 aromatic heterocycles. The third-order valence-corrected chi connectivity index (χ3v) is 5.05. The van der Waals surface area contributed by atoms with E-state index in [4.69, 9.17) is 0 Å². The highest BCUT2D eigenvalue weighted by Crippen LogP contribution is 2.35. The molecule has 1 saturated heterocycles. The van der Waals surface area contributed by atoms with E-state index in [-0.39, 0.29) is 11.6 Å². The second-order valence-electron chi connectivity index (χ2n) is 6.57. The Hall–Kier alpha value is -1.22. The summed E-state index contributed by atoms with van der Waals surface area (Å²) in [6, 6.07) is 6.92. The van der Waals surface area contributed by atoms with Crippen molar-refractivity contribution in [2.45, 2.75) is 51.0 Å². The van der Waals surface area contributed by atoms with E-state index >= 15 is 0 Å². The topological polar surface area (TPSA) is 20.3 Å². The Balaban J connectivity index is 1.54. The zero-order valence-electron chi connectivity index (χ0n) is 12.6. The van der Waals surface area contributed by atoms with E-state index in [1.165, 1.54) is 50.7 Å². The standard InChI is InChI=1S/C18H24FNO/c19-16-9-7-14(8-10-16)12-17(21)13-20-11-3-6-18(20)15-4-1-2-5-15/h7-10,15,18H,1-6,11-13H2. The molecule has 0 amide bonds. The van der Waals surface area contributed by atoms with Gasteiger partial charge in [-0.15, -0.1) is 0 Å². The van der Waals surface area contributed by atoms with Gasteiger partial charge in [-0.2, -0.15) is 0 Å². The van der Waals surface area contributed by atoms with Gasteiger partial charge in [0.2, 0.25) is 0 Å². The van der Waals surface area contributed by atoms with Gasteiger partial charge in [0.15, 0.2) is 5.78 Å². The molecule has 3 rings (SSSR count). The molecule has 0 radical (unpaired) electrons. The smallest absolute Gasteiger partial charge is 0.151 e. The summed E-state index contributed by atoms with van der Waals surface area (Å²) in [6.07, 6.45) is 8.31. The Labute approximate surface area is 126 Å². The van der Waals surface area contributed by atoms with E-state index in [1.807, 2.05) is 0 Å². The lowest BCUT2D eigenvalue weighted by atomic mass is 9.95. The summed E-state index contributed by atoms with van der Waals surface area (Å²) in [4.78, 5) is 14.7. The lowest BCUT2D eigenvalue weighted by Crippen LogP contribution is -2.38.